The molecule has 0 unspecified atom stereocenters. The summed E-state index contributed by atoms with van der Waals surface area (Å²) in [6, 6.07) is 0. The maximum atomic E-state index is 12.1. The molecule has 0 radical (unpaired) electrons. The second-order valence-electron chi connectivity index (χ2n) is 5.03. The van der Waals surface area contributed by atoms with Gasteiger partial charge in [0.2, 0.25) is 0 Å². The van der Waals surface area contributed by atoms with Crippen molar-refractivity contribution in [1.29, 1.82) is 0 Å². The minimum absolute atomic E-state index is 0.284. The second-order valence-corrected chi connectivity index (χ2v) is 5.03. The van der Waals surface area contributed by atoms with Crippen molar-refractivity contribution in [2.45, 2.75) is 45.1 Å². The van der Waals surface area contributed by atoms with Gasteiger partial charge in [-0.2, -0.15) is 0 Å². The van der Waals surface area contributed by atoms with Crippen LogP contribution in [0.4, 0.5) is 0 Å². The van der Waals surface area contributed by atoms with Gasteiger partial charge in [-0.15, -0.1) is 0 Å². The van der Waals surface area contributed by atoms with Crippen molar-refractivity contribution in [3.8, 4) is 0 Å². The van der Waals surface area contributed by atoms with Crippen LogP contribution in [0.2, 0.25) is 0 Å². The van der Waals surface area contributed by atoms with E-state index >= 15 is 0 Å². The fourth-order valence-electron chi connectivity index (χ4n) is 2.57. The molecule has 2 bridgehead atoms. The van der Waals surface area contributed by atoms with Crippen molar-refractivity contribution in [2.24, 2.45) is 5.41 Å². The molecule has 1 saturated carbocycles. The molecule has 0 spiro atoms. The van der Waals surface area contributed by atoms with Crippen LogP contribution < -0.4 is 0 Å². The normalized spacial score (nSPS) is 36.4. The van der Waals surface area contributed by atoms with Crippen LogP contribution in [0.1, 0.15) is 39.5 Å². The van der Waals surface area contributed by atoms with Crippen LogP contribution in [0.15, 0.2) is 12.2 Å². The van der Waals surface area contributed by atoms with Gasteiger partial charge in [0.1, 0.15) is 5.60 Å². The van der Waals surface area contributed by atoms with E-state index in [1.54, 1.807) is 6.92 Å². The van der Waals surface area contributed by atoms with E-state index in [0.717, 1.165) is 5.57 Å². The fraction of sp³-hybridized carbons (Fsp3) is 0.692. The quantitative estimate of drug-likeness (QED) is 0.419. The van der Waals surface area contributed by atoms with Crippen molar-refractivity contribution in [2.75, 3.05) is 6.61 Å². The molecule has 3 fully saturated rings. The molecule has 4 nitrogen and oxygen atoms in total. The molecule has 2 aliphatic heterocycles. The zero-order valence-electron chi connectivity index (χ0n) is 10.4. The van der Waals surface area contributed by atoms with E-state index < -0.39 is 23.0 Å². The summed E-state index contributed by atoms with van der Waals surface area (Å²) >= 11 is 0. The van der Waals surface area contributed by atoms with Gasteiger partial charge in [-0.1, -0.05) is 6.58 Å². The molecule has 0 amide bonds. The molecule has 2 saturated heterocycles. The second kappa shape index (κ2) is 3.86. The van der Waals surface area contributed by atoms with Crippen molar-refractivity contribution in [3.05, 3.63) is 12.2 Å². The van der Waals surface area contributed by atoms with Crippen LogP contribution in [-0.2, 0) is 19.1 Å². The van der Waals surface area contributed by atoms with E-state index in [9.17, 15) is 9.59 Å². The van der Waals surface area contributed by atoms with Gasteiger partial charge in [-0.05, 0) is 45.1 Å². The van der Waals surface area contributed by atoms with Gasteiger partial charge in [0.05, 0.1) is 6.61 Å². The molecule has 17 heavy (non-hydrogen) atoms. The largest absolute Gasteiger partial charge is 0.465 e. The third kappa shape index (κ3) is 1.66. The lowest BCUT2D eigenvalue weighted by Crippen LogP contribution is -2.49. The van der Waals surface area contributed by atoms with Crippen LogP contribution in [0.3, 0.4) is 0 Å². The zero-order chi connectivity index (χ0) is 12.7. The minimum atomic E-state index is -1.09. The van der Waals surface area contributed by atoms with E-state index in [2.05, 4.69) is 6.58 Å². The molecule has 0 N–H and O–H groups in total. The van der Waals surface area contributed by atoms with Crippen molar-refractivity contribution in [3.63, 3.8) is 0 Å². The average Bonchev–Trinajstić information content (AvgIpc) is 2.45. The molecule has 3 aliphatic rings. The molecule has 2 atom stereocenters. The molecule has 0 aromatic carbocycles. The third-order valence-corrected chi connectivity index (χ3v) is 4.01. The van der Waals surface area contributed by atoms with Gasteiger partial charge >= 0.3 is 11.9 Å². The van der Waals surface area contributed by atoms with Crippen LogP contribution in [0, 0.1) is 5.41 Å². The Labute approximate surface area is 101 Å². The van der Waals surface area contributed by atoms with Gasteiger partial charge in [0.25, 0.3) is 0 Å². The first-order valence-electron chi connectivity index (χ1n) is 6.03. The molecular formula is C13H18O4. The topological polar surface area (TPSA) is 52.6 Å². The molecule has 0 aromatic rings. The third-order valence-electron chi connectivity index (χ3n) is 4.01. The Kier molecular flexibility index (Phi) is 2.76. The van der Waals surface area contributed by atoms with E-state index in [4.69, 9.17) is 9.47 Å². The first-order valence-corrected chi connectivity index (χ1v) is 6.03. The van der Waals surface area contributed by atoms with E-state index in [1.807, 2.05) is 6.92 Å². The fourth-order valence-corrected chi connectivity index (χ4v) is 2.57. The maximum absolute atomic E-state index is 12.1. The number of rotatable bonds is 2. The summed E-state index contributed by atoms with van der Waals surface area (Å²) in [7, 11) is 0. The number of hydrogen-bond donors (Lipinski definition) is 0. The predicted octanol–water partition coefficient (Wildman–Crippen LogP) is 1.98. The Bertz CT molecular complexity index is 387. The van der Waals surface area contributed by atoms with Crippen LogP contribution in [-0.4, -0.2) is 24.1 Å². The average molecular weight is 238 g/mol. The highest BCUT2D eigenvalue weighted by Crippen LogP contribution is 2.49. The first kappa shape index (κ1) is 12.1. The number of carbonyl (C=O) groups is 2. The Balaban J connectivity index is 2.34. The molecular weight excluding hydrogens is 220 g/mol. The van der Waals surface area contributed by atoms with Crippen molar-refractivity contribution >= 4 is 11.9 Å². The summed E-state index contributed by atoms with van der Waals surface area (Å²) in [5, 5.41) is 0. The summed E-state index contributed by atoms with van der Waals surface area (Å²) in [6.07, 6.45) is 2.25. The molecule has 2 heterocycles. The monoisotopic (exact) mass is 238 g/mol. The van der Waals surface area contributed by atoms with Gasteiger partial charge in [-0.25, -0.2) is 0 Å². The number of fused-ring (bicyclic) bond motifs is 4. The summed E-state index contributed by atoms with van der Waals surface area (Å²) in [5.41, 5.74) is -0.784. The Morgan fingerprint density at radius 2 is 2.18 bits per heavy atom. The van der Waals surface area contributed by atoms with Gasteiger partial charge in [0.15, 0.2) is 5.41 Å². The summed E-state index contributed by atoms with van der Waals surface area (Å²) in [4.78, 5) is 24.1. The van der Waals surface area contributed by atoms with Crippen LogP contribution in [0.25, 0.3) is 0 Å². The van der Waals surface area contributed by atoms with Crippen molar-refractivity contribution < 1.29 is 19.1 Å². The lowest BCUT2D eigenvalue weighted by atomic mass is 9.78. The SMILES string of the molecule is C=C1CC[C@]2(C(=O)OCC)CC[C@@]1(C)OC2=O. The molecule has 94 valence electrons. The Morgan fingerprint density at radius 1 is 1.47 bits per heavy atom. The van der Waals surface area contributed by atoms with Gasteiger partial charge < -0.3 is 9.47 Å². The van der Waals surface area contributed by atoms with Crippen LogP contribution in [0.5, 0.6) is 0 Å². The minimum Gasteiger partial charge on any atom is -0.465 e. The van der Waals surface area contributed by atoms with Gasteiger partial charge in [0, 0.05) is 0 Å². The smallest absolute Gasteiger partial charge is 0.324 e. The number of hydrogen-bond acceptors (Lipinski definition) is 4. The maximum Gasteiger partial charge on any atom is 0.324 e. The highest BCUT2D eigenvalue weighted by molar-refractivity contribution is 6.01. The highest BCUT2D eigenvalue weighted by atomic mass is 16.6. The van der Waals surface area contributed by atoms with E-state index in [-0.39, 0.29) is 6.61 Å². The lowest BCUT2D eigenvalue weighted by Gasteiger charge is -2.38. The number of esters is 2. The highest BCUT2D eigenvalue weighted by Gasteiger charge is 2.58. The summed E-state index contributed by atoms with van der Waals surface area (Å²) < 4.78 is 10.5. The zero-order valence-corrected chi connectivity index (χ0v) is 10.4. The number of carbonyl (C=O) groups excluding carboxylic acids is 2. The number of ether oxygens (including phenoxy) is 2. The lowest BCUT2D eigenvalue weighted by molar-refractivity contribution is -0.187. The summed E-state index contributed by atoms with van der Waals surface area (Å²) in [6.45, 7) is 7.86. The predicted molar refractivity (Wildman–Crippen MR) is 61.2 cm³/mol. The Hall–Kier alpha value is -1.32. The molecule has 0 aromatic heterocycles. The summed E-state index contributed by atoms with van der Waals surface area (Å²) in [5.74, 6) is -0.884. The Morgan fingerprint density at radius 3 is 2.76 bits per heavy atom. The standard InChI is InChI=1S/C13H18O4/c1-4-16-10(14)13-6-5-9(2)12(3,7-8-13)17-11(13)15/h2,4-8H2,1,3H3/t12-,13-/m1/s1. The van der Waals surface area contributed by atoms with Crippen LogP contribution >= 0.6 is 0 Å². The molecule has 4 heteroatoms. The molecule has 1 aliphatic carbocycles. The van der Waals surface area contributed by atoms with E-state index in [0.29, 0.717) is 25.7 Å². The van der Waals surface area contributed by atoms with E-state index in [1.165, 1.54) is 0 Å². The first-order chi connectivity index (χ1) is 7.94. The van der Waals surface area contributed by atoms with Gasteiger partial charge in [-0.3, -0.25) is 9.59 Å². The molecule has 3 rings (SSSR count). The van der Waals surface area contributed by atoms with Crippen molar-refractivity contribution in [1.82, 2.24) is 0 Å².